The second-order valence-corrected chi connectivity index (χ2v) is 8.12. The lowest BCUT2D eigenvalue weighted by Gasteiger charge is -2.34. The molecule has 2 aromatic rings. The Hall–Kier alpha value is -2.89. The van der Waals surface area contributed by atoms with Gasteiger partial charge in [-0.1, -0.05) is 18.2 Å². The molecule has 2 heterocycles. The molecule has 1 amide bonds. The van der Waals surface area contributed by atoms with E-state index in [1.165, 1.54) is 0 Å². The third-order valence-corrected chi connectivity index (χ3v) is 4.74. The average molecular weight is 382 g/mol. The van der Waals surface area contributed by atoms with Crippen LogP contribution in [0.2, 0.25) is 0 Å². The minimum Gasteiger partial charge on any atom is -0.478 e. The van der Waals surface area contributed by atoms with Crippen LogP contribution in [-0.2, 0) is 4.74 Å². The van der Waals surface area contributed by atoms with E-state index in [2.05, 4.69) is 4.98 Å². The summed E-state index contributed by atoms with van der Waals surface area (Å²) in [5, 5.41) is 9.00. The molecule has 0 spiro atoms. The van der Waals surface area contributed by atoms with Crippen LogP contribution < -0.4 is 0 Å². The van der Waals surface area contributed by atoms with Crippen LogP contribution in [0.25, 0.3) is 11.1 Å². The number of hydrogen-bond acceptors (Lipinski definition) is 4. The zero-order valence-electron chi connectivity index (χ0n) is 16.5. The number of hydrogen-bond donors (Lipinski definition) is 1. The minimum absolute atomic E-state index is 0.185. The van der Waals surface area contributed by atoms with Gasteiger partial charge in [-0.3, -0.25) is 4.98 Å². The SMILES string of the molecule is CC(C)(C)OC(=O)N1CCC[C@H](c2ccc(-c3ccc(C(=O)O)cc3)cn2)C1. The molecule has 1 fully saturated rings. The number of rotatable bonds is 3. The van der Waals surface area contributed by atoms with Gasteiger partial charge in [0, 0.05) is 36.5 Å². The van der Waals surface area contributed by atoms with E-state index >= 15 is 0 Å². The fourth-order valence-corrected chi connectivity index (χ4v) is 3.33. The van der Waals surface area contributed by atoms with Crippen molar-refractivity contribution < 1.29 is 19.4 Å². The van der Waals surface area contributed by atoms with Crippen LogP contribution in [0.15, 0.2) is 42.6 Å². The molecule has 1 saturated heterocycles. The number of aromatic nitrogens is 1. The summed E-state index contributed by atoms with van der Waals surface area (Å²) in [6.07, 6.45) is 3.44. The molecule has 3 rings (SSSR count). The number of nitrogens with zero attached hydrogens (tertiary/aromatic N) is 2. The Kier molecular flexibility index (Phi) is 5.68. The topological polar surface area (TPSA) is 79.7 Å². The number of carbonyl (C=O) groups is 2. The van der Waals surface area contributed by atoms with E-state index in [0.717, 1.165) is 29.7 Å². The first kappa shape index (κ1) is 19.9. The van der Waals surface area contributed by atoms with Crippen molar-refractivity contribution in [3.63, 3.8) is 0 Å². The summed E-state index contributed by atoms with van der Waals surface area (Å²) in [5.74, 6) is -0.753. The monoisotopic (exact) mass is 382 g/mol. The van der Waals surface area contributed by atoms with Crippen molar-refractivity contribution in [2.75, 3.05) is 13.1 Å². The maximum absolute atomic E-state index is 12.3. The fourth-order valence-electron chi connectivity index (χ4n) is 3.33. The quantitative estimate of drug-likeness (QED) is 0.842. The van der Waals surface area contributed by atoms with Crippen molar-refractivity contribution in [2.24, 2.45) is 0 Å². The van der Waals surface area contributed by atoms with E-state index in [-0.39, 0.29) is 17.6 Å². The smallest absolute Gasteiger partial charge is 0.410 e. The van der Waals surface area contributed by atoms with Gasteiger partial charge in [0.15, 0.2) is 0 Å². The predicted molar refractivity (Wildman–Crippen MR) is 106 cm³/mol. The summed E-state index contributed by atoms with van der Waals surface area (Å²) >= 11 is 0. The summed E-state index contributed by atoms with van der Waals surface area (Å²) in [6.45, 7) is 6.93. The number of carbonyl (C=O) groups excluding carboxylic acids is 1. The van der Waals surface area contributed by atoms with Gasteiger partial charge in [0.25, 0.3) is 0 Å². The van der Waals surface area contributed by atoms with E-state index in [4.69, 9.17) is 9.84 Å². The molecule has 1 N–H and O–H groups in total. The van der Waals surface area contributed by atoms with Gasteiger partial charge in [0.1, 0.15) is 5.60 Å². The molecule has 6 heteroatoms. The number of benzene rings is 1. The van der Waals surface area contributed by atoms with Crippen molar-refractivity contribution in [2.45, 2.75) is 45.1 Å². The molecule has 0 radical (unpaired) electrons. The van der Waals surface area contributed by atoms with Gasteiger partial charge in [0.2, 0.25) is 0 Å². The van der Waals surface area contributed by atoms with Crippen molar-refractivity contribution >= 4 is 12.1 Å². The molecule has 0 unspecified atom stereocenters. The minimum atomic E-state index is -0.938. The molecular weight excluding hydrogens is 356 g/mol. The zero-order valence-corrected chi connectivity index (χ0v) is 16.5. The highest BCUT2D eigenvalue weighted by Crippen LogP contribution is 2.28. The molecule has 6 nitrogen and oxygen atoms in total. The molecule has 28 heavy (non-hydrogen) atoms. The standard InChI is InChI=1S/C22H26N2O4/c1-22(2,3)28-21(27)24-12-4-5-18(14-24)19-11-10-17(13-23-19)15-6-8-16(9-7-15)20(25)26/h6-11,13,18H,4-5,12,14H2,1-3H3,(H,25,26)/t18-/m0/s1. The largest absolute Gasteiger partial charge is 0.478 e. The van der Waals surface area contributed by atoms with E-state index < -0.39 is 11.6 Å². The number of pyridine rings is 1. The summed E-state index contributed by atoms with van der Waals surface area (Å²) in [5.41, 5.74) is 2.57. The highest BCUT2D eigenvalue weighted by Gasteiger charge is 2.28. The Morgan fingerprint density at radius 2 is 1.79 bits per heavy atom. The van der Waals surface area contributed by atoms with Crippen LogP contribution in [0.5, 0.6) is 0 Å². The van der Waals surface area contributed by atoms with Crippen LogP contribution in [0.1, 0.15) is 55.6 Å². The zero-order chi connectivity index (χ0) is 20.3. The number of likely N-dealkylation sites (tertiary alicyclic amines) is 1. The number of ether oxygens (including phenoxy) is 1. The first-order valence-corrected chi connectivity index (χ1v) is 9.50. The molecule has 0 aliphatic carbocycles. The van der Waals surface area contributed by atoms with Gasteiger partial charge < -0.3 is 14.7 Å². The van der Waals surface area contributed by atoms with Crippen LogP contribution in [0, 0.1) is 0 Å². The van der Waals surface area contributed by atoms with Crippen molar-refractivity contribution in [3.05, 3.63) is 53.9 Å². The summed E-state index contributed by atoms with van der Waals surface area (Å²) in [4.78, 5) is 29.7. The lowest BCUT2D eigenvalue weighted by atomic mass is 9.94. The van der Waals surface area contributed by atoms with Gasteiger partial charge in [0.05, 0.1) is 5.56 Å². The van der Waals surface area contributed by atoms with Gasteiger partial charge in [-0.05, 0) is 57.4 Å². The summed E-state index contributed by atoms with van der Waals surface area (Å²) in [7, 11) is 0. The maximum atomic E-state index is 12.3. The first-order chi connectivity index (χ1) is 13.2. The highest BCUT2D eigenvalue weighted by molar-refractivity contribution is 5.88. The Morgan fingerprint density at radius 1 is 1.11 bits per heavy atom. The second kappa shape index (κ2) is 8.00. The first-order valence-electron chi connectivity index (χ1n) is 9.50. The Labute approximate surface area is 165 Å². The molecule has 1 atom stereocenters. The number of piperidine rings is 1. The molecule has 1 aromatic heterocycles. The molecule has 1 aromatic carbocycles. The Bertz CT molecular complexity index is 838. The molecule has 148 valence electrons. The molecule has 1 aliphatic heterocycles. The lowest BCUT2D eigenvalue weighted by Crippen LogP contribution is -2.42. The maximum Gasteiger partial charge on any atom is 0.410 e. The van der Waals surface area contributed by atoms with Gasteiger partial charge in [-0.2, -0.15) is 0 Å². The highest BCUT2D eigenvalue weighted by atomic mass is 16.6. The molecule has 0 bridgehead atoms. The summed E-state index contributed by atoms with van der Waals surface area (Å²) < 4.78 is 5.49. The van der Waals surface area contributed by atoms with E-state index in [0.29, 0.717) is 13.1 Å². The van der Waals surface area contributed by atoms with Crippen LogP contribution in [-0.4, -0.2) is 45.7 Å². The average Bonchev–Trinajstić information content (AvgIpc) is 2.67. The van der Waals surface area contributed by atoms with Crippen LogP contribution in [0.4, 0.5) is 4.79 Å². The van der Waals surface area contributed by atoms with Gasteiger partial charge >= 0.3 is 12.1 Å². The van der Waals surface area contributed by atoms with Crippen LogP contribution >= 0.6 is 0 Å². The predicted octanol–water partition coefficient (Wildman–Crippen LogP) is 4.56. The number of amides is 1. The van der Waals surface area contributed by atoms with E-state index in [9.17, 15) is 9.59 Å². The normalized spacial score (nSPS) is 17.2. The third kappa shape index (κ3) is 4.88. The molecular formula is C22H26N2O4. The third-order valence-electron chi connectivity index (χ3n) is 4.74. The van der Waals surface area contributed by atoms with Crippen molar-refractivity contribution in [1.29, 1.82) is 0 Å². The van der Waals surface area contributed by atoms with E-state index in [1.54, 1.807) is 35.4 Å². The Balaban J connectivity index is 1.69. The summed E-state index contributed by atoms with van der Waals surface area (Å²) in [6, 6.07) is 10.7. The Morgan fingerprint density at radius 3 is 2.36 bits per heavy atom. The van der Waals surface area contributed by atoms with Crippen LogP contribution in [0.3, 0.4) is 0 Å². The fraction of sp³-hybridized carbons (Fsp3) is 0.409. The number of carboxylic acids is 1. The molecule has 0 saturated carbocycles. The van der Waals surface area contributed by atoms with Crippen molar-refractivity contribution in [1.82, 2.24) is 9.88 Å². The molecule has 1 aliphatic rings. The lowest BCUT2D eigenvalue weighted by molar-refractivity contribution is 0.0197. The van der Waals surface area contributed by atoms with Gasteiger partial charge in [-0.25, -0.2) is 9.59 Å². The second-order valence-electron chi connectivity index (χ2n) is 8.12. The van der Waals surface area contributed by atoms with Gasteiger partial charge in [-0.15, -0.1) is 0 Å². The van der Waals surface area contributed by atoms with E-state index in [1.807, 2.05) is 32.9 Å². The number of carboxylic acid groups (broad SMARTS) is 1. The van der Waals surface area contributed by atoms with Crippen molar-refractivity contribution in [3.8, 4) is 11.1 Å². The number of aromatic carboxylic acids is 1.